The van der Waals surface area contributed by atoms with Crippen molar-refractivity contribution in [3.05, 3.63) is 0 Å². The molecule has 1 N–H and O–H groups in total. The van der Waals surface area contributed by atoms with Crippen LogP contribution in [0.25, 0.3) is 0 Å². The summed E-state index contributed by atoms with van der Waals surface area (Å²) in [5, 5.41) is 3.54. The number of rotatable bonds is 1. The summed E-state index contributed by atoms with van der Waals surface area (Å²) in [7, 11) is 0. The van der Waals surface area contributed by atoms with Gasteiger partial charge < -0.3 is 10.1 Å². The maximum absolute atomic E-state index is 5.76. The van der Waals surface area contributed by atoms with Gasteiger partial charge in [0.15, 0.2) is 0 Å². The lowest BCUT2D eigenvalue weighted by Crippen LogP contribution is -2.55. The first kappa shape index (κ1) is 11.0. The molecule has 1 heterocycles. The molecular formula is C11H23NO. The zero-order chi connectivity index (χ0) is 10.1. The fourth-order valence-electron chi connectivity index (χ4n) is 1.82. The Hall–Kier alpha value is -0.0800. The fraction of sp³-hybridized carbons (Fsp3) is 1.00. The van der Waals surface area contributed by atoms with Gasteiger partial charge in [-0.2, -0.15) is 0 Å². The van der Waals surface area contributed by atoms with Gasteiger partial charge in [-0.25, -0.2) is 0 Å². The third-order valence-electron chi connectivity index (χ3n) is 2.62. The van der Waals surface area contributed by atoms with Gasteiger partial charge in [-0.15, -0.1) is 0 Å². The Morgan fingerprint density at radius 3 is 2.46 bits per heavy atom. The van der Waals surface area contributed by atoms with Crippen molar-refractivity contribution in [3.8, 4) is 0 Å². The fourth-order valence-corrected chi connectivity index (χ4v) is 1.82. The van der Waals surface area contributed by atoms with Crippen LogP contribution < -0.4 is 5.32 Å². The van der Waals surface area contributed by atoms with Gasteiger partial charge in [-0.1, -0.05) is 20.8 Å². The highest BCUT2D eigenvalue weighted by atomic mass is 16.5. The molecule has 0 aromatic heterocycles. The largest absolute Gasteiger partial charge is 0.373 e. The van der Waals surface area contributed by atoms with Crippen LogP contribution in [0, 0.1) is 5.41 Å². The normalized spacial score (nSPS) is 28.8. The number of morpholine rings is 1. The average molecular weight is 185 g/mol. The van der Waals surface area contributed by atoms with Crippen molar-refractivity contribution in [2.45, 2.75) is 52.7 Å². The molecule has 0 aromatic carbocycles. The van der Waals surface area contributed by atoms with Crippen LogP contribution in [-0.2, 0) is 4.74 Å². The summed E-state index contributed by atoms with van der Waals surface area (Å²) in [4.78, 5) is 0. The lowest BCUT2D eigenvalue weighted by Gasteiger charge is -2.42. The number of ether oxygens (including phenoxy) is 1. The van der Waals surface area contributed by atoms with Crippen LogP contribution in [0.15, 0.2) is 0 Å². The molecule has 13 heavy (non-hydrogen) atoms. The summed E-state index contributed by atoms with van der Waals surface area (Å²) in [6.45, 7) is 13.0. The summed E-state index contributed by atoms with van der Waals surface area (Å²) in [5.41, 5.74) is 0.362. The first-order valence-corrected chi connectivity index (χ1v) is 5.19. The molecule has 0 spiro atoms. The van der Waals surface area contributed by atoms with E-state index in [-0.39, 0.29) is 5.60 Å². The Morgan fingerprint density at radius 1 is 1.38 bits per heavy atom. The third-order valence-corrected chi connectivity index (χ3v) is 2.62. The molecule has 1 aliphatic rings. The van der Waals surface area contributed by atoms with Crippen LogP contribution in [0.2, 0.25) is 0 Å². The first-order chi connectivity index (χ1) is 5.81. The molecule has 1 atom stereocenters. The molecule has 1 saturated heterocycles. The van der Waals surface area contributed by atoms with Crippen molar-refractivity contribution in [2.24, 2.45) is 5.41 Å². The highest BCUT2D eigenvalue weighted by molar-refractivity contribution is 4.91. The Labute approximate surface area is 82.0 Å². The van der Waals surface area contributed by atoms with Crippen molar-refractivity contribution in [1.29, 1.82) is 0 Å². The molecule has 0 amide bonds. The summed E-state index contributed by atoms with van der Waals surface area (Å²) < 4.78 is 5.76. The second kappa shape index (κ2) is 3.58. The van der Waals surface area contributed by atoms with E-state index in [0.717, 1.165) is 13.2 Å². The zero-order valence-electron chi connectivity index (χ0n) is 9.61. The van der Waals surface area contributed by atoms with Crippen LogP contribution in [0.3, 0.4) is 0 Å². The molecule has 0 radical (unpaired) electrons. The maximum Gasteiger partial charge on any atom is 0.0779 e. The van der Waals surface area contributed by atoms with Crippen molar-refractivity contribution in [3.63, 3.8) is 0 Å². The molecule has 1 fully saturated rings. The molecule has 0 saturated carbocycles. The lowest BCUT2D eigenvalue weighted by atomic mass is 9.81. The van der Waals surface area contributed by atoms with Crippen molar-refractivity contribution >= 4 is 0 Å². The monoisotopic (exact) mass is 185 g/mol. The zero-order valence-corrected chi connectivity index (χ0v) is 9.61. The van der Waals surface area contributed by atoms with E-state index < -0.39 is 0 Å². The lowest BCUT2D eigenvalue weighted by molar-refractivity contribution is -0.0792. The summed E-state index contributed by atoms with van der Waals surface area (Å²) in [6, 6.07) is 0.487. The van der Waals surface area contributed by atoms with Crippen LogP contribution in [0.4, 0.5) is 0 Å². The predicted octanol–water partition coefficient (Wildman–Crippen LogP) is 2.19. The van der Waals surface area contributed by atoms with Gasteiger partial charge >= 0.3 is 0 Å². The van der Waals surface area contributed by atoms with Crippen molar-refractivity contribution in [2.75, 3.05) is 13.2 Å². The van der Waals surface area contributed by atoms with Gasteiger partial charge in [0.2, 0.25) is 0 Å². The minimum absolute atomic E-state index is 0.00840. The van der Waals surface area contributed by atoms with Gasteiger partial charge in [0.25, 0.3) is 0 Å². The van der Waals surface area contributed by atoms with Crippen LogP contribution in [0.5, 0.6) is 0 Å². The van der Waals surface area contributed by atoms with E-state index >= 15 is 0 Å². The minimum atomic E-state index is -0.00840. The van der Waals surface area contributed by atoms with Gasteiger partial charge in [-0.05, 0) is 25.7 Å². The standard InChI is InChI=1S/C11H23NO/c1-10(2,3)8-9-11(4,5)13-7-6-12-9/h9,12H,6-8H2,1-5H3. The molecule has 0 aliphatic carbocycles. The van der Waals surface area contributed by atoms with E-state index in [1.54, 1.807) is 0 Å². The molecule has 0 bridgehead atoms. The maximum atomic E-state index is 5.76. The molecule has 1 rings (SSSR count). The summed E-state index contributed by atoms with van der Waals surface area (Å²) in [6.07, 6.45) is 1.17. The predicted molar refractivity (Wildman–Crippen MR) is 55.9 cm³/mol. The van der Waals surface area contributed by atoms with Gasteiger partial charge in [0, 0.05) is 12.6 Å². The van der Waals surface area contributed by atoms with Crippen LogP contribution >= 0.6 is 0 Å². The van der Waals surface area contributed by atoms with Crippen LogP contribution in [-0.4, -0.2) is 24.8 Å². The Morgan fingerprint density at radius 2 is 2.00 bits per heavy atom. The molecule has 2 nitrogen and oxygen atoms in total. The second-order valence-corrected chi connectivity index (χ2v) is 5.72. The third kappa shape index (κ3) is 3.28. The first-order valence-electron chi connectivity index (χ1n) is 5.19. The molecule has 1 aliphatic heterocycles. The molecule has 78 valence electrons. The highest BCUT2D eigenvalue weighted by Gasteiger charge is 2.35. The van der Waals surface area contributed by atoms with Crippen molar-refractivity contribution < 1.29 is 4.74 Å². The van der Waals surface area contributed by atoms with E-state index in [0.29, 0.717) is 11.5 Å². The van der Waals surface area contributed by atoms with Gasteiger partial charge in [-0.3, -0.25) is 0 Å². The van der Waals surface area contributed by atoms with E-state index in [1.807, 2.05) is 0 Å². The molecular weight excluding hydrogens is 162 g/mol. The van der Waals surface area contributed by atoms with E-state index in [4.69, 9.17) is 4.74 Å². The molecule has 0 aromatic rings. The summed E-state index contributed by atoms with van der Waals surface area (Å²) >= 11 is 0. The minimum Gasteiger partial charge on any atom is -0.373 e. The van der Waals surface area contributed by atoms with Crippen molar-refractivity contribution in [1.82, 2.24) is 5.32 Å². The van der Waals surface area contributed by atoms with Gasteiger partial charge in [0.1, 0.15) is 0 Å². The Balaban J connectivity index is 2.56. The average Bonchev–Trinajstić information content (AvgIpc) is 1.91. The summed E-state index contributed by atoms with van der Waals surface area (Å²) in [5.74, 6) is 0. The van der Waals surface area contributed by atoms with E-state index in [9.17, 15) is 0 Å². The quantitative estimate of drug-likeness (QED) is 0.676. The molecule has 1 unspecified atom stereocenters. The Bertz CT molecular complexity index is 169. The van der Waals surface area contributed by atoms with E-state index in [1.165, 1.54) is 6.42 Å². The van der Waals surface area contributed by atoms with Crippen LogP contribution in [0.1, 0.15) is 41.0 Å². The number of nitrogens with one attached hydrogen (secondary N) is 1. The number of hydrogen-bond donors (Lipinski definition) is 1. The topological polar surface area (TPSA) is 21.3 Å². The number of hydrogen-bond acceptors (Lipinski definition) is 2. The smallest absolute Gasteiger partial charge is 0.0779 e. The van der Waals surface area contributed by atoms with Gasteiger partial charge in [0.05, 0.1) is 12.2 Å². The SMILES string of the molecule is CC(C)(C)CC1NCCOC1(C)C. The molecule has 2 heteroatoms. The van der Waals surface area contributed by atoms with E-state index in [2.05, 4.69) is 39.9 Å². The second-order valence-electron chi connectivity index (χ2n) is 5.72. The highest BCUT2D eigenvalue weighted by Crippen LogP contribution is 2.29. The Kier molecular flexibility index (Phi) is 3.03.